The smallest absolute Gasteiger partial charge is 0.179 e. The predicted molar refractivity (Wildman–Crippen MR) is 76.0 cm³/mol. The molecule has 0 saturated carbocycles. The van der Waals surface area contributed by atoms with E-state index in [9.17, 15) is 8.42 Å². The molecule has 0 aliphatic carbocycles. The first-order valence-electron chi connectivity index (χ1n) is 6.46. The number of rotatable bonds is 3. The molecule has 0 amide bonds. The molecule has 1 aromatic rings. The van der Waals surface area contributed by atoms with Gasteiger partial charge in [0.25, 0.3) is 0 Å². The van der Waals surface area contributed by atoms with Gasteiger partial charge in [-0.05, 0) is 36.9 Å². The lowest BCUT2D eigenvalue weighted by Gasteiger charge is -2.39. The Morgan fingerprint density at radius 3 is 2.58 bits per heavy atom. The Labute approximate surface area is 114 Å². The zero-order chi connectivity index (χ0) is 14.1. The summed E-state index contributed by atoms with van der Waals surface area (Å²) >= 11 is 0. The minimum Gasteiger partial charge on any atom is -0.355 e. The van der Waals surface area contributed by atoms with Gasteiger partial charge in [-0.2, -0.15) is 0 Å². The van der Waals surface area contributed by atoms with E-state index in [1.165, 1.54) is 6.26 Å². The SMILES string of the molecule is CC1(CN)CCN(c2ncccc2S(C)(=O)=O)CC1. The van der Waals surface area contributed by atoms with Crippen LogP contribution >= 0.6 is 0 Å². The summed E-state index contributed by atoms with van der Waals surface area (Å²) in [6.07, 6.45) is 4.79. The topological polar surface area (TPSA) is 76.3 Å². The van der Waals surface area contributed by atoms with E-state index < -0.39 is 9.84 Å². The van der Waals surface area contributed by atoms with Crippen molar-refractivity contribution in [2.45, 2.75) is 24.7 Å². The monoisotopic (exact) mass is 283 g/mol. The summed E-state index contributed by atoms with van der Waals surface area (Å²) in [5.74, 6) is 0.573. The predicted octanol–water partition coefficient (Wildman–Crippen LogP) is 1.05. The molecule has 106 valence electrons. The zero-order valence-corrected chi connectivity index (χ0v) is 12.3. The van der Waals surface area contributed by atoms with E-state index in [1.807, 2.05) is 4.90 Å². The van der Waals surface area contributed by atoms with Crippen molar-refractivity contribution in [1.29, 1.82) is 0 Å². The molecule has 1 saturated heterocycles. The largest absolute Gasteiger partial charge is 0.355 e. The van der Waals surface area contributed by atoms with E-state index in [0.717, 1.165) is 25.9 Å². The third kappa shape index (κ3) is 3.06. The third-order valence-electron chi connectivity index (χ3n) is 3.91. The molecule has 2 rings (SSSR count). The summed E-state index contributed by atoms with van der Waals surface area (Å²) in [5.41, 5.74) is 5.95. The average molecular weight is 283 g/mol. The second kappa shape index (κ2) is 5.09. The van der Waals surface area contributed by atoms with Crippen molar-refractivity contribution < 1.29 is 8.42 Å². The molecule has 0 unspecified atom stereocenters. The number of sulfone groups is 1. The van der Waals surface area contributed by atoms with Crippen LogP contribution in [0.3, 0.4) is 0 Å². The summed E-state index contributed by atoms with van der Waals surface area (Å²) in [6, 6.07) is 3.28. The highest BCUT2D eigenvalue weighted by molar-refractivity contribution is 7.90. The summed E-state index contributed by atoms with van der Waals surface area (Å²) in [5, 5.41) is 0. The fourth-order valence-corrected chi connectivity index (χ4v) is 3.21. The van der Waals surface area contributed by atoms with Gasteiger partial charge in [0.2, 0.25) is 0 Å². The van der Waals surface area contributed by atoms with E-state index >= 15 is 0 Å². The Bertz CT molecular complexity index is 549. The van der Waals surface area contributed by atoms with Crippen LogP contribution in [-0.2, 0) is 9.84 Å². The highest BCUT2D eigenvalue weighted by atomic mass is 32.2. The molecule has 0 spiro atoms. The van der Waals surface area contributed by atoms with Crippen LogP contribution in [0.2, 0.25) is 0 Å². The van der Waals surface area contributed by atoms with Crippen LogP contribution in [0, 0.1) is 5.41 Å². The van der Waals surface area contributed by atoms with Gasteiger partial charge in [-0.3, -0.25) is 0 Å². The van der Waals surface area contributed by atoms with Gasteiger partial charge in [0.15, 0.2) is 9.84 Å². The molecule has 5 nitrogen and oxygen atoms in total. The lowest BCUT2D eigenvalue weighted by molar-refractivity contribution is 0.257. The summed E-state index contributed by atoms with van der Waals surface area (Å²) < 4.78 is 23.6. The van der Waals surface area contributed by atoms with Gasteiger partial charge in [-0.25, -0.2) is 13.4 Å². The lowest BCUT2D eigenvalue weighted by atomic mass is 9.80. The average Bonchev–Trinajstić information content (AvgIpc) is 2.39. The minimum absolute atomic E-state index is 0.163. The standard InChI is InChI=1S/C13H21N3O2S/c1-13(10-14)5-8-16(9-6-13)12-11(19(2,17)18)4-3-7-15-12/h3-4,7H,5-6,8-10,14H2,1-2H3. The number of nitrogens with zero attached hydrogens (tertiary/aromatic N) is 2. The van der Waals surface area contributed by atoms with Crippen molar-refractivity contribution in [2.75, 3.05) is 30.8 Å². The van der Waals surface area contributed by atoms with Crippen molar-refractivity contribution in [3.05, 3.63) is 18.3 Å². The van der Waals surface area contributed by atoms with E-state index in [1.54, 1.807) is 18.3 Å². The number of pyridine rings is 1. The van der Waals surface area contributed by atoms with E-state index in [2.05, 4.69) is 11.9 Å². The molecule has 1 aliphatic heterocycles. The maximum absolute atomic E-state index is 11.8. The molecule has 2 heterocycles. The number of hydrogen-bond donors (Lipinski definition) is 1. The second-order valence-corrected chi connectivity index (χ2v) is 7.58. The fraction of sp³-hybridized carbons (Fsp3) is 0.615. The van der Waals surface area contributed by atoms with Crippen LogP contribution in [0.1, 0.15) is 19.8 Å². The number of piperidine rings is 1. The van der Waals surface area contributed by atoms with Gasteiger partial charge >= 0.3 is 0 Å². The van der Waals surface area contributed by atoms with Crippen LogP contribution in [0.25, 0.3) is 0 Å². The van der Waals surface area contributed by atoms with Crippen molar-refractivity contribution in [2.24, 2.45) is 11.1 Å². The van der Waals surface area contributed by atoms with Crippen LogP contribution in [0.4, 0.5) is 5.82 Å². The molecule has 0 atom stereocenters. The molecular weight excluding hydrogens is 262 g/mol. The Morgan fingerprint density at radius 2 is 2.05 bits per heavy atom. The van der Waals surface area contributed by atoms with Crippen molar-refractivity contribution in [1.82, 2.24) is 4.98 Å². The Kier molecular flexibility index (Phi) is 3.82. The molecule has 1 aromatic heterocycles. The van der Waals surface area contributed by atoms with Crippen LogP contribution in [-0.4, -0.2) is 39.3 Å². The fourth-order valence-electron chi connectivity index (χ4n) is 2.37. The number of hydrogen-bond acceptors (Lipinski definition) is 5. The van der Waals surface area contributed by atoms with Crippen LogP contribution in [0.5, 0.6) is 0 Å². The quantitative estimate of drug-likeness (QED) is 0.897. The van der Waals surface area contributed by atoms with Gasteiger partial charge in [0.1, 0.15) is 10.7 Å². The molecule has 0 aromatic carbocycles. The first-order chi connectivity index (χ1) is 8.86. The molecule has 2 N–H and O–H groups in total. The van der Waals surface area contributed by atoms with Gasteiger partial charge in [0.05, 0.1) is 0 Å². The second-order valence-electron chi connectivity index (χ2n) is 5.60. The Balaban J connectivity index is 2.26. The minimum atomic E-state index is -3.25. The summed E-state index contributed by atoms with van der Waals surface area (Å²) in [6.45, 7) is 4.45. The van der Waals surface area contributed by atoms with Crippen LogP contribution < -0.4 is 10.6 Å². The molecular formula is C13H21N3O2S. The normalized spacial score (nSPS) is 19.4. The van der Waals surface area contributed by atoms with Gasteiger partial charge in [-0.15, -0.1) is 0 Å². The Morgan fingerprint density at radius 1 is 1.42 bits per heavy atom. The molecule has 0 bridgehead atoms. The maximum atomic E-state index is 11.8. The number of anilines is 1. The third-order valence-corrected chi connectivity index (χ3v) is 5.03. The summed E-state index contributed by atoms with van der Waals surface area (Å²) in [4.78, 5) is 6.62. The van der Waals surface area contributed by atoms with E-state index in [0.29, 0.717) is 17.3 Å². The zero-order valence-electron chi connectivity index (χ0n) is 11.5. The molecule has 1 aliphatic rings. The van der Waals surface area contributed by atoms with E-state index in [4.69, 9.17) is 5.73 Å². The van der Waals surface area contributed by atoms with Crippen molar-refractivity contribution in [3.8, 4) is 0 Å². The Hall–Kier alpha value is -1.14. The van der Waals surface area contributed by atoms with Gasteiger partial charge < -0.3 is 10.6 Å². The maximum Gasteiger partial charge on any atom is 0.179 e. The molecule has 1 fully saturated rings. The summed E-state index contributed by atoms with van der Waals surface area (Å²) in [7, 11) is -3.25. The lowest BCUT2D eigenvalue weighted by Crippen LogP contribution is -2.43. The van der Waals surface area contributed by atoms with Gasteiger partial charge in [-0.1, -0.05) is 6.92 Å². The molecule has 6 heteroatoms. The van der Waals surface area contributed by atoms with Gasteiger partial charge in [0, 0.05) is 25.5 Å². The highest BCUT2D eigenvalue weighted by Crippen LogP contribution is 2.33. The number of aromatic nitrogens is 1. The first kappa shape index (κ1) is 14.3. The molecule has 19 heavy (non-hydrogen) atoms. The molecule has 0 radical (unpaired) electrons. The van der Waals surface area contributed by atoms with E-state index in [-0.39, 0.29) is 5.41 Å². The number of nitrogens with two attached hydrogens (primary N) is 1. The van der Waals surface area contributed by atoms with Crippen molar-refractivity contribution in [3.63, 3.8) is 0 Å². The first-order valence-corrected chi connectivity index (χ1v) is 8.35. The van der Waals surface area contributed by atoms with Crippen molar-refractivity contribution >= 4 is 15.7 Å². The van der Waals surface area contributed by atoms with Crippen LogP contribution in [0.15, 0.2) is 23.2 Å². The highest BCUT2D eigenvalue weighted by Gasteiger charge is 2.30.